The lowest BCUT2D eigenvalue weighted by atomic mass is 10.1. The van der Waals surface area contributed by atoms with E-state index in [0.717, 1.165) is 0 Å². The van der Waals surface area contributed by atoms with Crippen LogP contribution in [-0.2, 0) is 0 Å². The van der Waals surface area contributed by atoms with Crippen molar-refractivity contribution in [1.29, 1.82) is 0 Å². The SMILES string of the molecule is COc1ccc(C(=O)C(C)Br)c(OC)c1OC. The highest BCUT2D eigenvalue weighted by Gasteiger charge is 2.22. The van der Waals surface area contributed by atoms with Crippen LogP contribution in [0.15, 0.2) is 12.1 Å². The van der Waals surface area contributed by atoms with E-state index in [1.54, 1.807) is 19.1 Å². The predicted octanol–water partition coefficient (Wildman–Crippen LogP) is 2.68. The topological polar surface area (TPSA) is 44.8 Å². The Labute approximate surface area is 109 Å². The van der Waals surface area contributed by atoms with Gasteiger partial charge in [-0.1, -0.05) is 15.9 Å². The van der Waals surface area contributed by atoms with Crippen molar-refractivity contribution in [1.82, 2.24) is 0 Å². The molecule has 0 spiro atoms. The van der Waals surface area contributed by atoms with Crippen LogP contribution in [0.1, 0.15) is 17.3 Å². The van der Waals surface area contributed by atoms with E-state index in [1.165, 1.54) is 21.3 Å². The Kier molecular flexibility index (Phi) is 4.81. The molecule has 1 aromatic carbocycles. The van der Waals surface area contributed by atoms with E-state index in [0.29, 0.717) is 22.8 Å². The molecule has 1 atom stereocenters. The summed E-state index contributed by atoms with van der Waals surface area (Å²) in [6.07, 6.45) is 0. The van der Waals surface area contributed by atoms with Crippen LogP contribution in [0.5, 0.6) is 17.2 Å². The molecule has 1 unspecified atom stereocenters. The highest BCUT2D eigenvalue weighted by atomic mass is 79.9. The van der Waals surface area contributed by atoms with Gasteiger partial charge in [-0.3, -0.25) is 4.79 Å². The molecule has 0 saturated carbocycles. The Morgan fingerprint density at radius 2 is 1.71 bits per heavy atom. The minimum atomic E-state index is -0.283. The van der Waals surface area contributed by atoms with Crippen LogP contribution in [0, 0.1) is 0 Å². The molecule has 0 aromatic heterocycles. The number of methoxy groups -OCH3 is 3. The first kappa shape index (κ1) is 13.8. The molecular weight excluding hydrogens is 288 g/mol. The smallest absolute Gasteiger partial charge is 0.204 e. The molecule has 0 heterocycles. The lowest BCUT2D eigenvalue weighted by Gasteiger charge is -2.15. The highest BCUT2D eigenvalue weighted by molar-refractivity contribution is 9.10. The Bertz CT molecular complexity index is 415. The minimum absolute atomic E-state index is 0.0668. The first-order chi connectivity index (χ1) is 8.06. The van der Waals surface area contributed by atoms with Crippen molar-refractivity contribution in [3.63, 3.8) is 0 Å². The zero-order chi connectivity index (χ0) is 13.0. The fourth-order valence-corrected chi connectivity index (χ4v) is 1.76. The van der Waals surface area contributed by atoms with Gasteiger partial charge in [-0.05, 0) is 19.1 Å². The molecule has 0 N–H and O–H groups in total. The fourth-order valence-electron chi connectivity index (χ4n) is 1.51. The molecule has 0 aliphatic rings. The van der Waals surface area contributed by atoms with Gasteiger partial charge >= 0.3 is 0 Å². The molecular formula is C12H15BrO4. The van der Waals surface area contributed by atoms with Gasteiger partial charge in [0.15, 0.2) is 17.3 Å². The molecule has 0 bridgehead atoms. The number of hydrogen-bond donors (Lipinski definition) is 0. The Balaban J connectivity index is 3.38. The summed E-state index contributed by atoms with van der Waals surface area (Å²) in [7, 11) is 4.53. The summed E-state index contributed by atoms with van der Waals surface area (Å²) in [5.74, 6) is 1.28. The Morgan fingerprint density at radius 1 is 1.12 bits per heavy atom. The lowest BCUT2D eigenvalue weighted by molar-refractivity contribution is 0.0992. The summed E-state index contributed by atoms with van der Waals surface area (Å²) in [5, 5.41) is 0. The molecule has 0 fully saturated rings. The van der Waals surface area contributed by atoms with Crippen molar-refractivity contribution in [3.8, 4) is 17.2 Å². The fraction of sp³-hybridized carbons (Fsp3) is 0.417. The summed E-state index contributed by atoms with van der Waals surface area (Å²) in [4.78, 5) is 11.7. The predicted molar refractivity (Wildman–Crippen MR) is 68.8 cm³/mol. The van der Waals surface area contributed by atoms with Crippen LogP contribution in [0.4, 0.5) is 0 Å². The minimum Gasteiger partial charge on any atom is -0.493 e. The first-order valence-electron chi connectivity index (χ1n) is 5.04. The van der Waals surface area contributed by atoms with Gasteiger partial charge in [-0.2, -0.15) is 0 Å². The summed E-state index contributed by atoms with van der Waals surface area (Å²) in [6.45, 7) is 1.76. The maximum absolute atomic E-state index is 12.0. The average Bonchev–Trinajstić information content (AvgIpc) is 2.35. The summed E-state index contributed by atoms with van der Waals surface area (Å²) in [5.41, 5.74) is 0.467. The van der Waals surface area contributed by atoms with E-state index in [2.05, 4.69) is 15.9 Å². The van der Waals surface area contributed by atoms with Gasteiger partial charge in [0.1, 0.15) is 0 Å². The second-order valence-electron chi connectivity index (χ2n) is 3.36. The van der Waals surface area contributed by atoms with Crippen molar-refractivity contribution in [2.75, 3.05) is 21.3 Å². The van der Waals surface area contributed by atoms with Gasteiger partial charge in [0.05, 0.1) is 31.7 Å². The molecule has 0 radical (unpaired) electrons. The zero-order valence-electron chi connectivity index (χ0n) is 10.2. The number of hydrogen-bond acceptors (Lipinski definition) is 4. The van der Waals surface area contributed by atoms with E-state index >= 15 is 0 Å². The first-order valence-corrected chi connectivity index (χ1v) is 5.95. The molecule has 0 aliphatic heterocycles. The van der Waals surface area contributed by atoms with E-state index in [4.69, 9.17) is 14.2 Å². The summed E-state index contributed by atoms with van der Waals surface area (Å²) < 4.78 is 15.6. The van der Waals surface area contributed by atoms with Gasteiger partial charge in [-0.25, -0.2) is 0 Å². The van der Waals surface area contributed by atoms with Crippen LogP contribution in [0.2, 0.25) is 0 Å². The quantitative estimate of drug-likeness (QED) is 0.620. The second-order valence-corrected chi connectivity index (χ2v) is 4.74. The molecule has 0 saturated heterocycles. The summed E-state index contributed by atoms with van der Waals surface area (Å²) >= 11 is 3.24. The molecule has 5 heteroatoms. The third-order valence-electron chi connectivity index (χ3n) is 2.33. The van der Waals surface area contributed by atoms with Crippen LogP contribution < -0.4 is 14.2 Å². The van der Waals surface area contributed by atoms with Gasteiger partial charge in [0.25, 0.3) is 0 Å². The summed E-state index contributed by atoms with van der Waals surface area (Å²) in [6, 6.07) is 3.35. The van der Waals surface area contributed by atoms with Gasteiger partial charge in [0, 0.05) is 0 Å². The number of rotatable bonds is 5. The monoisotopic (exact) mass is 302 g/mol. The number of carbonyl (C=O) groups excluding carboxylic acids is 1. The number of ketones is 1. The van der Waals surface area contributed by atoms with E-state index < -0.39 is 0 Å². The standard InChI is InChI=1S/C12H15BrO4/c1-7(13)10(14)8-5-6-9(15-2)12(17-4)11(8)16-3/h5-7H,1-4H3. The number of Topliss-reactive ketones (excluding diaryl/α,β-unsaturated/α-hetero) is 1. The van der Waals surface area contributed by atoms with Crippen molar-refractivity contribution in [2.24, 2.45) is 0 Å². The highest BCUT2D eigenvalue weighted by Crippen LogP contribution is 2.40. The maximum atomic E-state index is 12.0. The number of halogens is 1. The van der Waals surface area contributed by atoms with Crippen LogP contribution in [-0.4, -0.2) is 31.9 Å². The van der Waals surface area contributed by atoms with Crippen molar-refractivity contribution in [3.05, 3.63) is 17.7 Å². The van der Waals surface area contributed by atoms with Gasteiger partial charge in [0.2, 0.25) is 5.75 Å². The molecule has 0 amide bonds. The van der Waals surface area contributed by atoms with E-state index in [-0.39, 0.29) is 10.6 Å². The van der Waals surface area contributed by atoms with Gasteiger partial charge < -0.3 is 14.2 Å². The Morgan fingerprint density at radius 3 is 2.12 bits per heavy atom. The number of carbonyl (C=O) groups is 1. The van der Waals surface area contributed by atoms with E-state index in [1.807, 2.05) is 0 Å². The molecule has 0 aliphatic carbocycles. The normalized spacial score (nSPS) is 11.8. The second kappa shape index (κ2) is 5.91. The molecule has 4 nitrogen and oxygen atoms in total. The van der Waals surface area contributed by atoms with Crippen LogP contribution in [0.3, 0.4) is 0 Å². The number of benzene rings is 1. The van der Waals surface area contributed by atoms with Crippen LogP contribution >= 0.6 is 15.9 Å². The number of alkyl halides is 1. The average molecular weight is 303 g/mol. The van der Waals surface area contributed by atoms with Crippen molar-refractivity contribution < 1.29 is 19.0 Å². The van der Waals surface area contributed by atoms with Crippen molar-refractivity contribution >= 4 is 21.7 Å². The maximum Gasteiger partial charge on any atom is 0.204 e. The molecule has 1 aromatic rings. The van der Waals surface area contributed by atoms with Crippen molar-refractivity contribution in [2.45, 2.75) is 11.8 Å². The third-order valence-corrected chi connectivity index (χ3v) is 2.75. The zero-order valence-corrected chi connectivity index (χ0v) is 11.8. The lowest BCUT2D eigenvalue weighted by Crippen LogP contribution is -2.12. The molecule has 94 valence electrons. The number of ether oxygens (including phenoxy) is 3. The molecule has 17 heavy (non-hydrogen) atoms. The largest absolute Gasteiger partial charge is 0.493 e. The third kappa shape index (κ3) is 2.72. The van der Waals surface area contributed by atoms with Gasteiger partial charge in [-0.15, -0.1) is 0 Å². The molecule has 1 rings (SSSR count). The van der Waals surface area contributed by atoms with Crippen LogP contribution in [0.25, 0.3) is 0 Å². The Hall–Kier alpha value is -1.23. The van der Waals surface area contributed by atoms with E-state index in [9.17, 15) is 4.79 Å².